The van der Waals surface area contributed by atoms with Crippen LogP contribution in [0.25, 0.3) is 11.4 Å². The molecule has 0 spiro atoms. The molecule has 27 heavy (non-hydrogen) atoms. The van der Waals surface area contributed by atoms with Gasteiger partial charge >= 0.3 is 0 Å². The van der Waals surface area contributed by atoms with E-state index in [1.165, 1.54) is 11.8 Å². The van der Waals surface area contributed by atoms with Crippen LogP contribution in [0.15, 0.2) is 53.9 Å². The highest BCUT2D eigenvalue weighted by Crippen LogP contribution is 2.28. The Hall–Kier alpha value is -2.87. The van der Waals surface area contributed by atoms with Gasteiger partial charge in [-0.2, -0.15) is 0 Å². The third-order valence-corrected chi connectivity index (χ3v) is 5.00. The highest BCUT2D eigenvalue weighted by Gasteiger charge is 2.20. The molecule has 1 atom stereocenters. The molecule has 0 fully saturated rings. The molecular formula is C19H21N5O2S. The third-order valence-electron chi connectivity index (χ3n) is 3.87. The number of hydrogen-bond acceptors (Lipinski definition) is 6. The first-order valence-electron chi connectivity index (χ1n) is 8.59. The van der Waals surface area contributed by atoms with E-state index < -0.39 is 0 Å². The van der Waals surface area contributed by atoms with Gasteiger partial charge < -0.3 is 14.6 Å². The van der Waals surface area contributed by atoms with Crippen LogP contribution in [-0.2, 0) is 11.8 Å². The molecule has 7 nitrogen and oxygen atoms in total. The van der Waals surface area contributed by atoms with Gasteiger partial charge in [0.2, 0.25) is 5.91 Å². The number of nitrogens with zero attached hydrogens (tertiary/aromatic N) is 4. The number of carbonyl (C=O) groups excluding carboxylic acids is 1. The van der Waals surface area contributed by atoms with Crippen LogP contribution in [0.1, 0.15) is 13.8 Å². The minimum absolute atomic E-state index is 0.124. The first-order valence-corrected chi connectivity index (χ1v) is 9.47. The lowest BCUT2D eigenvalue weighted by molar-refractivity contribution is -0.115. The van der Waals surface area contributed by atoms with E-state index in [-0.39, 0.29) is 11.2 Å². The predicted octanol–water partition coefficient (Wildman–Crippen LogP) is 3.40. The summed E-state index contributed by atoms with van der Waals surface area (Å²) in [5.41, 5.74) is 1.59. The van der Waals surface area contributed by atoms with Gasteiger partial charge in [-0.3, -0.25) is 9.78 Å². The fraction of sp³-hybridized carbons (Fsp3) is 0.263. The largest absolute Gasteiger partial charge is 0.492 e. The van der Waals surface area contributed by atoms with Crippen molar-refractivity contribution in [2.24, 2.45) is 7.05 Å². The summed E-state index contributed by atoms with van der Waals surface area (Å²) in [7, 11) is 1.88. The summed E-state index contributed by atoms with van der Waals surface area (Å²) in [5.74, 6) is 1.26. The zero-order valence-corrected chi connectivity index (χ0v) is 16.2. The van der Waals surface area contributed by atoms with Gasteiger partial charge in [-0.1, -0.05) is 23.9 Å². The quantitative estimate of drug-likeness (QED) is 0.630. The smallest absolute Gasteiger partial charge is 0.237 e. The van der Waals surface area contributed by atoms with Crippen molar-refractivity contribution < 1.29 is 9.53 Å². The second kappa shape index (κ2) is 8.68. The van der Waals surface area contributed by atoms with Crippen LogP contribution < -0.4 is 10.1 Å². The highest BCUT2D eigenvalue weighted by atomic mass is 32.2. The van der Waals surface area contributed by atoms with Crippen LogP contribution in [0.5, 0.6) is 5.75 Å². The Morgan fingerprint density at radius 2 is 1.96 bits per heavy atom. The Morgan fingerprint density at radius 3 is 2.70 bits per heavy atom. The molecule has 2 aromatic heterocycles. The first-order chi connectivity index (χ1) is 13.1. The van der Waals surface area contributed by atoms with Gasteiger partial charge in [0.1, 0.15) is 5.75 Å². The Morgan fingerprint density at radius 1 is 1.22 bits per heavy atom. The van der Waals surface area contributed by atoms with Crippen molar-refractivity contribution in [3.8, 4) is 17.1 Å². The molecule has 2 heterocycles. The Balaban J connectivity index is 1.70. The maximum Gasteiger partial charge on any atom is 0.237 e. The second-order valence-corrected chi connectivity index (χ2v) is 7.09. The molecule has 0 saturated carbocycles. The number of pyridine rings is 1. The molecule has 0 aliphatic heterocycles. The molecule has 0 bridgehead atoms. The predicted molar refractivity (Wildman–Crippen MR) is 106 cm³/mol. The van der Waals surface area contributed by atoms with Crippen molar-refractivity contribution in [2.45, 2.75) is 24.3 Å². The van der Waals surface area contributed by atoms with Crippen LogP contribution in [0.2, 0.25) is 0 Å². The molecule has 3 rings (SSSR count). The number of rotatable bonds is 7. The number of anilines is 1. The summed E-state index contributed by atoms with van der Waals surface area (Å²) >= 11 is 1.35. The summed E-state index contributed by atoms with van der Waals surface area (Å²) in [6, 6.07) is 11.1. The normalized spacial score (nSPS) is 11.8. The van der Waals surface area contributed by atoms with Gasteiger partial charge in [0.05, 0.1) is 17.5 Å². The zero-order chi connectivity index (χ0) is 19.2. The zero-order valence-electron chi connectivity index (χ0n) is 15.4. The number of benzene rings is 1. The molecule has 140 valence electrons. The molecule has 0 aliphatic rings. The molecule has 0 saturated heterocycles. The van der Waals surface area contributed by atoms with Crippen molar-refractivity contribution in [3.63, 3.8) is 0 Å². The molecule has 1 N–H and O–H groups in total. The van der Waals surface area contributed by atoms with E-state index in [4.69, 9.17) is 4.74 Å². The SMILES string of the molecule is CCOc1ccccc1NC(=O)[C@@H](C)Sc1nnc(-c2ccncc2)n1C. The van der Waals surface area contributed by atoms with Crippen LogP contribution in [0.4, 0.5) is 5.69 Å². The average molecular weight is 383 g/mol. The van der Waals surface area contributed by atoms with E-state index in [0.29, 0.717) is 23.2 Å². The molecule has 3 aromatic rings. The number of nitrogens with one attached hydrogen (secondary N) is 1. The number of hydrogen-bond donors (Lipinski definition) is 1. The van der Waals surface area contributed by atoms with Crippen molar-refractivity contribution in [1.29, 1.82) is 0 Å². The standard InChI is InChI=1S/C19H21N5O2S/c1-4-26-16-8-6-5-7-15(16)21-18(25)13(2)27-19-23-22-17(24(19)3)14-9-11-20-12-10-14/h5-13H,4H2,1-3H3,(H,21,25)/t13-/m1/s1. The summed E-state index contributed by atoms with van der Waals surface area (Å²) in [6.07, 6.45) is 3.42. The molecule has 1 aromatic carbocycles. The number of amides is 1. The molecule has 0 aliphatic carbocycles. The van der Waals surface area contributed by atoms with Crippen molar-refractivity contribution >= 4 is 23.4 Å². The van der Waals surface area contributed by atoms with Crippen LogP contribution in [-0.4, -0.2) is 37.5 Å². The monoisotopic (exact) mass is 383 g/mol. The maximum atomic E-state index is 12.6. The van der Waals surface area contributed by atoms with Gasteiger partial charge in [0.15, 0.2) is 11.0 Å². The van der Waals surface area contributed by atoms with E-state index >= 15 is 0 Å². The Kier molecular flexibility index (Phi) is 6.08. The molecule has 8 heteroatoms. The lowest BCUT2D eigenvalue weighted by atomic mass is 10.2. The third kappa shape index (κ3) is 4.46. The van der Waals surface area contributed by atoms with Crippen molar-refractivity contribution in [1.82, 2.24) is 19.7 Å². The molecule has 1 amide bonds. The van der Waals surface area contributed by atoms with Crippen LogP contribution in [0.3, 0.4) is 0 Å². The van der Waals surface area contributed by atoms with E-state index in [9.17, 15) is 4.79 Å². The topological polar surface area (TPSA) is 81.9 Å². The maximum absolute atomic E-state index is 12.6. The summed E-state index contributed by atoms with van der Waals surface area (Å²) in [5, 5.41) is 11.7. The van der Waals surface area contributed by atoms with Gasteiger partial charge in [-0.15, -0.1) is 10.2 Å². The summed E-state index contributed by atoms with van der Waals surface area (Å²) < 4.78 is 7.43. The van der Waals surface area contributed by atoms with Gasteiger partial charge in [-0.25, -0.2) is 0 Å². The van der Waals surface area contributed by atoms with Gasteiger partial charge in [-0.05, 0) is 38.1 Å². The minimum atomic E-state index is -0.354. The van der Waals surface area contributed by atoms with E-state index in [0.717, 1.165) is 11.4 Å². The number of aromatic nitrogens is 4. The fourth-order valence-electron chi connectivity index (χ4n) is 2.47. The van der Waals surface area contributed by atoms with Crippen LogP contribution in [0, 0.1) is 0 Å². The minimum Gasteiger partial charge on any atom is -0.492 e. The number of thioether (sulfide) groups is 1. The summed E-state index contributed by atoms with van der Waals surface area (Å²) in [6.45, 7) is 4.28. The number of carbonyl (C=O) groups is 1. The Labute approximate surface area is 162 Å². The Bertz CT molecular complexity index is 913. The van der Waals surface area contributed by atoms with Crippen molar-refractivity contribution in [2.75, 3.05) is 11.9 Å². The van der Waals surface area contributed by atoms with Gasteiger partial charge in [0.25, 0.3) is 0 Å². The number of ether oxygens (including phenoxy) is 1. The van der Waals surface area contributed by atoms with Crippen molar-refractivity contribution in [3.05, 3.63) is 48.8 Å². The van der Waals surface area contributed by atoms with E-state index in [1.807, 2.05) is 61.9 Å². The molecule has 0 unspecified atom stereocenters. The average Bonchev–Trinajstić information content (AvgIpc) is 3.04. The molecule has 0 radical (unpaired) electrons. The lowest BCUT2D eigenvalue weighted by Gasteiger charge is -2.14. The molecular weight excluding hydrogens is 362 g/mol. The van der Waals surface area contributed by atoms with E-state index in [2.05, 4.69) is 20.5 Å². The fourth-order valence-corrected chi connectivity index (χ4v) is 3.28. The highest BCUT2D eigenvalue weighted by molar-refractivity contribution is 8.00. The van der Waals surface area contributed by atoms with Gasteiger partial charge in [0, 0.05) is 25.0 Å². The lowest BCUT2D eigenvalue weighted by Crippen LogP contribution is -2.23. The summed E-state index contributed by atoms with van der Waals surface area (Å²) in [4.78, 5) is 16.6. The number of para-hydroxylation sites is 2. The first kappa shape index (κ1) is 18.9. The van der Waals surface area contributed by atoms with E-state index in [1.54, 1.807) is 12.4 Å². The van der Waals surface area contributed by atoms with Crippen LogP contribution >= 0.6 is 11.8 Å². The second-order valence-electron chi connectivity index (χ2n) is 5.78.